The molecule has 4 rings (SSSR count). The monoisotopic (exact) mass is 433 g/mol. The number of rotatable bonds is 2. The number of fused-ring (bicyclic) bond motifs is 3. The average Bonchev–Trinajstić information content (AvgIpc) is 2.66. The molecule has 0 aromatic rings. The minimum Gasteiger partial charge on any atom is -0.508 e. The molecule has 0 aromatic carbocycles. The van der Waals surface area contributed by atoms with Gasteiger partial charge >= 0.3 is 0 Å². The van der Waals surface area contributed by atoms with Crippen LogP contribution in [0.1, 0.15) is 19.3 Å². The van der Waals surface area contributed by atoms with Crippen LogP contribution in [0, 0.1) is 23.7 Å². The fourth-order valence-corrected chi connectivity index (χ4v) is 6.00. The zero-order chi connectivity index (χ0) is 23.0. The topological polar surface area (TPSA) is 187 Å². The summed E-state index contributed by atoms with van der Waals surface area (Å²) in [7, 11) is 3.65. The minimum atomic E-state index is -2.37. The SMILES string of the molecule is CN(C)C1C=C(N)C(O)=C2C(=O)C3C(CC21)CC1CC(=O)C(C(N)=O)=C(O)C1(O)C3O. The van der Waals surface area contributed by atoms with Crippen molar-refractivity contribution >= 4 is 17.5 Å². The third-order valence-electron chi connectivity index (χ3n) is 7.46. The number of nitrogens with two attached hydrogens (primary N) is 2. The predicted molar refractivity (Wildman–Crippen MR) is 107 cm³/mol. The van der Waals surface area contributed by atoms with Crippen molar-refractivity contribution in [2.45, 2.75) is 37.0 Å². The van der Waals surface area contributed by atoms with Gasteiger partial charge in [-0.25, -0.2) is 0 Å². The highest BCUT2D eigenvalue weighted by molar-refractivity contribution is 6.20. The third kappa shape index (κ3) is 2.78. The van der Waals surface area contributed by atoms with E-state index in [-0.39, 0.29) is 41.8 Å². The summed E-state index contributed by atoms with van der Waals surface area (Å²) in [5.41, 5.74) is 8.15. The average molecular weight is 433 g/mol. The maximum Gasteiger partial charge on any atom is 0.255 e. The zero-order valence-electron chi connectivity index (χ0n) is 17.3. The van der Waals surface area contributed by atoms with E-state index < -0.39 is 58.3 Å². The molecule has 0 aromatic heterocycles. The lowest BCUT2D eigenvalue weighted by atomic mass is 9.53. The highest BCUT2D eigenvalue weighted by atomic mass is 16.4. The lowest BCUT2D eigenvalue weighted by Crippen LogP contribution is -2.65. The summed E-state index contributed by atoms with van der Waals surface area (Å²) in [5, 5.41) is 43.5. The van der Waals surface area contributed by atoms with Crippen molar-refractivity contribution in [3.8, 4) is 0 Å². The number of aliphatic hydroxyl groups is 4. The number of hydrogen-bond acceptors (Lipinski definition) is 9. The van der Waals surface area contributed by atoms with Crippen molar-refractivity contribution in [3.63, 3.8) is 0 Å². The molecule has 4 aliphatic carbocycles. The van der Waals surface area contributed by atoms with Gasteiger partial charge in [0.05, 0.1) is 11.6 Å². The standard InChI is InChI=1S/C21H27N3O7/c1-24(2)11-6-10(22)16(26)14-9(11)4-7-3-8-5-12(25)15(20(23)30)19(29)21(8,31)18(28)13(7)17(14)27/h6-9,11,13,18,26,28-29,31H,3-5,22H2,1-2H3,(H2,23,30). The van der Waals surface area contributed by atoms with E-state index >= 15 is 0 Å². The minimum absolute atomic E-state index is 0.0562. The van der Waals surface area contributed by atoms with Crippen LogP contribution in [-0.4, -0.2) is 74.6 Å². The Bertz CT molecular complexity index is 981. The molecule has 2 fully saturated rings. The van der Waals surface area contributed by atoms with Crippen LogP contribution in [0.3, 0.4) is 0 Å². The van der Waals surface area contributed by atoms with Gasteiger partial charge in [-0.15, -0.1) is 0 Å². The lowest BCUT2D eigenvalue weighted by molar-refractivity contribution is -0.185. The van der Waals surface area contributed by atoms with Gasteiger partial charge in [0.2, 0.25) is 0 Å². The molecule has 0 heterocycles. The highest BCUT2D eigenvalue weighted by Crippen LogP contribution is 2.55. The first-order valence-corrected chi connectivity index (χ1v) is 10.2. The Labute approximate surface area is 178 Å². The van der Waals surface area contributed by atoms with Crippen LogP contribution in [0.5, 0.6) is 0 Å². The van der Waals surface area contributed by atoms with Crippen molar-refractivity contribution in [1.82, 2.24) is 4.90 Å². The molecule has 31 heavy (non-hydrogen) atoms. The van der Waals surface area contributed by atoms with Crippen molar-refractivity contribution in [2.75, 3.05) is 14.1 Å². The highest BCUT2D eigenvalue weighted by Gasteiger charge is 2.64. The van der Waals surface area contributed by atoms with Gasteiger partial charge in [-0.3, -0.25) is 14.4 Å². The number of aliphatic hydroxyl groups excluding tert-OH is 3. The van der Waals surface area contributed by atoms with E-state index in [1.54, 1.807) is 6.08 Å². The molecule has 0 aliphatic heterocycles. The van der Waals surface area contributed by atoms with Crippen molar-refractivity contribution < 1.29 is 34.8 Å². The number of nitrogens with zero attached hydrogens (tertiary/aromatic N) is 1. The van der Waals surface area contributed by atoms with Crippen LogP contribution in [0.2, 0.25) is 0 Å². The van der Waals surface area contributed by atoms with Crippen molar-refractivity contribution in [3.05, 3.63) is 34.4 Å². The smallest absolute Gasteiger partial charge is 0.255 e. The second-order valence-electron chi connectivity index (χ2n) is 9.25. The molecule has 0 saturated heterocycles. The van der Waals surface area contributed by atoms with Crippen molar-refractivity contribution in [2.24, 2.45) is 35.1 Å². The maximum absolute atomic E-state index is 13.5. The van der Waals surface area contributed by atoms with Gasteiger partial charge in [0, 0.05) is 29.9 Å². The number of hydrogen-bond donors (Lipinski definition) is 6. The van der Waals surface area contributed by atoms with Crippen LogP contribution in [0.4, 0.5) is 0 Å². The largest absolute Gasteiger partial charge is 0.508 e. The van der Waals surface area contributed by atoms with Crippen LogP contribution in [0.15, 0.2) is 34.4 Å². The number of carbonyl (C=O) groups excluding carboxylic acids is 3. The van der Waals surface area contributed by atoms with E-state index in [4.69, 9.17) is 11.5 Å². The normalized spacial score (nSPS) is 40.4. The van der Waals surface area contributed by atoms with Gasteiger partial charge in [-0.2, -0.15) is 0 Å². The molecule has 0 radical (unpaired) electrons. The molecule has 2 saturated carbocycles. The van der Waals surface area contributed by atoms with E-state index in [1.165, 1.54) is 0 Å². The Balaban J connectivity index is 1.81. The fourth-order valence-electron chi connectivity index (χ4n) is 6.00. The van der Waals surface area contributed by atoms with Gasteiger partial charge in [-0.05, 0) is 38.9 Å². The summed E-state index contributed by atoms with van der Waals surface area (Å²) < 4.78 is 0. The Morgan fingerprint density at radius 3 is 2.45 bits per heavy atom. The summed E-state index contributed by atoms with van der Waals surface area (Å²) in [6.45, 7) is 0. The molecule has 10 nitrogen and oxygen atoms in total. The number of amides is 1. The Kier molecular flexibility index (Phi) is 4.80. The van der Waals surface area contributed by atoms with Gasteiger partial charge < -0.3 is 36.8 Å². The first-order valence-electron chi connectivity index (χ1n) is 10.2. The molecule has 0 bridgehead atoms. The van der Waals surface area contributed by atoms with Crippen molar-refractivity contribution in [1.29, 1.82) is 0 Å². The van der Waals surface area contributed by atoms with Crippen LogP contribution in [-0.2, 0) is 14.4 Å². The number of primary amides is 1. The van der Waals surface area contributed by atoms with E-state index in [2.05, 4.69) is 0 Å². The predicted octanol–water partition coefficient (Wildman–Crippen LogP) is -1.21. The molecular weight excluding hydrogens is 406 g/mol. The Hall–Kier alpha value is -2.69. The van der Waals surface area contributed by atoms with Crippen LogP contribution in [0.25, 0.3) is 0 Å². The van der Waals surface area contributed by atoms with Crippen LogP contribution < -0.4 is 11.5 Å². The molecule has 8 N–H and O–H groups in total. The Morgan fingerprint density at radius 1 is 1.23 bits per heavy atom. The summed E-state index contributed by atoms with van der Waals surface area (Å²) in [6, 6.07) is -0.253. The van der Waals surface area contributed by atoms with Gasteiger partial charge in [0.15, 0.2) is 17.2 Å². The number of Topliss-reactive ketones (excluding diaryl/α,β-unsaturated/α-hetero) is 2. The third-order valence-corrected chi connectivity index (χ3v) is 7.46. The molecular formula is C21H27N3O7. The molecule has 7 atom stereocenters. The maximum atomic E-state index is 13.5. The molecule has 7 unspecified atom stereocenters. The first-order chi connectivity index (χ1) is 14.4. The summed E-state index contributed by atoms with van der Waals surface area (Å²) >= 11 is 0. The zero-order valence-corrected chi connectivity index (χ0v) is 17.3. The van der Waals surface area contributed by atoms with E-state index in [0.29, 0.717) is 6.42 Å². The lowest BCUT2D eigenvalue weighted by Gasteiger charge is -2.54. The summed E-state index contributed by atoms with van der Waals surface area (Å²) in [5.74, 6) is -6.62. The van der Waals surface area contributed by atoms with Gasteiger partial charge in [0.1, 0.15) is 23.2 Å². The van der Waals surface area contributed by atoms with Crippen LogP contribution >= 0.6 is 0 Å². The number of ketones is 2. The molecule has 4 aliphatic rings. The molecule has 10 heteroatoms. The number of carbonyl (C=O) groups is 3. The fraction of sp³-hybridized carbons (Fsp3) is 0.571. The second kappa shape index (κ2) is 6.91. The number of likely N-dealkylation sites (N-methyl/N-ethyl adjacent to an activating group) is 1. The molecule has 1 amide bonds. The summed E-state index contributed by atoms with van der Waals surface area (Å²) in [6.07, 6.45) is 0.196. The molecule has 168 valence electrons. The van der Waals surface area contributed by atoms with E-state index in [0.717, 1.165) is 0 Å². The molecule has 0 spiro atoms. The van der Waals surface area contributed by atoms with Gasteiger partial charge in [-0.1, -0.05) is 0 Å². The second-order valence-corrected chi connectivity index (χ2v) is 9.25. The van der Waals surface area contributed by atoms with Gasteiger partial charge in [0.25, 0.3) is 5.91 Å². The Morgan fingerprint density at radius 2 is 1.87 bits per heavy atom. The first kappa shape index (κ1) is 21.5. The quantitative estimate of drug-likeness (QED) is 0.290. The summed E-state index contributed by atoms with van der Waals surface area (Å²) in [4.78, 5) is 39.4. The van der Waals surface area contributed by atoms with E-state index in [9.17, 15) is 34.8 Å². The van der Waals surface area contributed by atoms with E-state index in [1.807, 2.05) is 19.0 Å².